The Kier molecular flexibility index (Phi) is 3.85. The summed E-state index contributed by atoms with van der Waals surface area (Å²) in [4.78, 5) is 6.83. The van der Waals surface area contributed by atoms with Gasteiger partial charge in [0.25, 0.3) is 0 Å². The first-order valence-corrected chi connectivity index (χ1v) is 8.37. The minimum atomic E-state index is -0.718. The lowest BCUT2D eigenvalue weighted by atomic mass is 9.84. The van der Waals surface area contributed by atoms with Gasteiger partial charge < -0.3 is 27.0 Å². The Hall–Kier alpha value is -1.27. The van der Waals surface area contributed by atoms with Crippen LogP contribution in [0, 0.1) is 11.3 Å². The third-order valence-electron chi connectivity index (χ3n) is 4.72. The fourth-order valence-corrected chi connectivity index (χ4v) is 4.04. The van der Waals surface area contributed by atoms with Gasteiger partial charge in [-0.25, -0.2) is 4.99 Å². The van der Waals surface area contributed by atoms with Crippen molar-refractivity contribution in [1.29, 1.82) is 0 Å². The number of hydrogen-bond acceptors (Lipinski definition) is 6. The minimum absolute atomic E-state index is 0.0953. The first-order chi connectivity index (χ1) is 10.2. The fraction of sp³-hybridized carbons (Fsp3) is 0.812. The van der Waals surface area contributed by atoms with E-state index in [0.717, 1.165) is 37.8 Å². The van der Waals surface area contributed by atoms with Gasteiger partial charge in [-0.05, 0) is 43.2 Å². The molecule has 0 radical (unpaired) electrons. The summed E-state index contributed by atoms with van der Waals surface area (Å²) >= 11 is 0. The summed E-state index contributed by atoms with van der Waals surface area (Å²) in [5.41, 5.74) is 11.9. The number of fused-ring (bicyclic) bond motifs is 1. The molecule has 0 aromatic carbocycles. The Morgan fingerprint density at radius 1 is 1.41 bits per heavy atom. The molecule has 0 aliphatic carbocycles. The van der Waals surface area contributed by atoms with E-state index in [4.69, 9.17) is 11.5 Å². The molecule has 0 saturated carbocycles. The third-order valence-corrected chi connectivity index (χ3v) is 4.72. The summed E-state index contributed by atoms with van der Waals surface area (Å²) in [6.07, 6.45) is 5.41. The molecule has 1 unspecified atom stereocenters. The van der Waals surface area contributed by atoms with E-state index in [2.05, 4.69) is 47.4 Å². The van der Waals surface area contributed by atoms with E-state index in [0.29, 0.717) is 12.0 Å². The SMILES string of the molecule is CC(C)(C)CC1(N)C=C(N2C[C@@H]3CCCN[C@@H]3C2)NC(N)=N1. The molecule has 3 atom stereocenters. The number of likely N-dealkylation sites (tertiary alicyclic amines) is 1. The second-order valence-corrected chi connectivity index (χ2v) is 8.25. The molecular weight excluding hydrogens is 276 g/mol. The van der Waals surface area contributed by atoms with Crippen molar-refractivity contribution in [2.45, 2.75) is 51.7 Å². The van der Waals surface area contributed by atoms with Crippen LogP contribution in [-0.4, -0.2) is 42.2 Å². The minimum Gasteiger partial charge on any atom is -0.370 e. The van der Waals surface area contributed by atoms with E-state index < -0.39 is 5.66 Å². The average molecular weight is 306 g/mol. The summed E-state index contributed by atoms with van der Waals surface area (Å²) in [7, 11) is 0. The number of rotatable bonds is 2. The van der Waals surface area contributed by atoms with Crippen molar-refractivity contribution in [3.63, 3.8) is 0 Å². The Labute approximate surface area is 133 Å². The number of guanidine groups is 1. The van der Waals surface area contributed by atoms with Crippen molar-refractivity contribution in [2.75, 3.05) is 19.6 Å². The quantitative estimate of drug-likeness (QED) is 0.597. The first kappa shape index (κ1) is 15.6. The van der Waals surface area contributed by atoms with Gasteiger partial charge >= 0.3 is 0 Å². The van der Waals surface area contributed by atoms with E-state index in [1.54, 1.807) is 0 Å². The van der Waals surface area contributed by atoms with Gasteiger partial charge in [0.05, 0.1) is 0 Å². The molecule has 0 amide bonds. The summed E-state index contributed by atoms with van der Waals surface area (Å²) in [6, 6.07) is 0.589. The largest absolute Gasteiger partial charge is 0.370 e. The molecule has 2 saturated heterocycles. The maximum Gasteiger partial charge on any atom is 0.196 e. The zero-order chi connectivity index (χ0) is 16.0. The van der Waals surface area contributed by atoms with Crippen LogP contribution in [0.1, 0.15) is 40.0 Å². The molecule has 124 valence electrons. The van der Waals surface area contributed by atoms with Crippen molar-refractivity contribution in [1.82, 2.24) is 15.5 Å². The van der Waals surface area contributed by atoms with E-state index in [9.17, 15) is 0 Å². The Bertz CT molecular complexity index is 477. The molecule has 0 aromatic heterocycles. The van der Waals surface area contributed by atoms with Gasteiger partial charge in [-0.3, -0.25) is 0 Å². The van der Waals surface area contributed by atoms with Crippen molar-refractivity contribution >= 4 is 5.96 Å². The maximum atomic E-state index is 6.51. The molecule has 0 spiro atoms. The van der Waals surface area contributed by atoms with Crippen LogP contribution in [0.25, 0.3) is 0 Å². The first-order valence-electron chi connectivity index (χ1n) is 8.37. The smallest absolute Gasteiger partial charge is 0.196 e. The van der Waals surface area contributed by atoms with Gasteiger partial charge in [-0.2, -0.15) is 0 Å². The normalized spacial score (nSPS) is 35.5. The van der Waals surface area contributed by atoms with Gasteiger partial charge in [0.2, 0.25) is 0 Å². The Morgan fingerprint density at radius 2 is 2.18 bits per heavy atom. The molecule has 0 bridgehead atoms. The van der Waals surface area contributed by atoms with Crippen LogP contribution in [0.5, 0.6) is 0 Å². The predicted octanol–water partition coefficient (Wildman–Crippen LogP) is 0.521. The number of piperidine rings is 1. The van der Waals surface area contributed by atoms with Gasteiger partial charge in [-0.15, -0.1) is 0 Å². The van der Waals surface area contributed by atoms with Crippen molar-refractivity contribution in [2.24, 2.45) is 27.8 Å². The second-order valence-electron chi connectivity index (χ2n) is 8.25. The molecule has 6 heteroatoms. The van der Waals surface area contributed by atoms with Crippen molar-refractivity contribution < 1.29 is 0 Å². The monoisotopic (exact) mass is 306 g/mol. The van der Waals surface area contributed by atoms with Gasteiger partial charge in [0, 0.05) is 19.1 Å². The fourth-order valence-electron chi connectivity index (χ4n) is 4.04. The Morgan fingerprint density at radius 3 is 2.86 bits per heavy atom. The molecule has 3 aliphatic heterocycles. The van der Waals surface area contributed by atoms with Crippen LogP contribution in [0.3, 0.4) is 0 Å². The van der Waals surface area contributed by atoms with Crippen LogP contribution < -0.4 is 22.1 Å². The van der Waals surface area contributed by atoms with Crippen LogP contribution >= 0.6 is 0 Å². The van der Waals surface area contributed by atoms with Gasteiger partial charge in [0.1, 0.15) is 11.5 Å². The molecule has 3 heterocycles. The van der Waals surface area contributed by atoms with E-state index >= 15 is 0 Å². The highest BCUT2D eigenvalue weighted by molar-refractivity contribution is 5.81. The van der Waals surface area contributed by atoms with Gasteiger partial charge in [0.15, 0.2) is 5.96 Å². The molecule has 6 N–H and O–H groups in total. The number of nitrogens with one attached hydrogen (secondary N) is 2. The van der Waals surface area contributed by atoms with Crippen LogP contribution in [0.15, 0.2) is 16.9 Å². The van der Waals surface area contributed by atoms with Crippen LogP contribution in [0.4, 0.5) is 0 Å². The van der Waals surface area contributed by atoms with Gasteiger partial charge in [-0.1, -0.05) is 20.8 Å². The van der Waals surface area contributed by atoms with E-state index in [-0.39, 0.29) is 5.41 Å². The predicted molar refractivity (Wildman–Crippen MR) is 89.9 cm³/mol. The van der Waals surface area contributed by atoms with Crippen LogP contribution in [0.2, 0.25) is 0 Å². The highest BCUT2D eigenvalue weighted by Gasteiger charge is 2.38. The van der Waals surface area contributed by atoms with Crippen molar-refractivity contribution in [3.8, 4) is 0 Å². The lowest BCUT2D eigenvalue weighted by Gasteiger charge is -2.36. The summed E-state index contributed by atoms with van der Waals surface area (Å²) in [5.74, 6) is 2.17. The van der Waals surface area contributed by atoms with E-state index in [1.807, 2.05) is 0 Å². The highest BCUT2D eigenvalue weighted by Crippen LogP contribution is 2.32. The zero-order valence-corrected chi connectivity index (χ0v) is 14.0. The number of nitrogens with two attached hydrogens (primary N) is 2. The third kappa shape index (κ3) is 3.38. The standard InChI is InChI=1S/C16H30N6/c1-15(2,3)10-16(18)7-13(20-14(17)21-16)22-8-11-5-4-6-19-12(11)9-22/h7,11-12,19H,4-6,8-10,18H2,1-3H3,(H3,17,20,21)/t11-,12+,16?/m0/s1. The molecule has 2 fully saturated rings. The Balaban J connectivity index is 1.77. The summed E-state index contributed by atoms with van der Waals surface area (Å²) < 4.78 is 0. The van der Waals surface area contributed by atoms with E-state index in [1.165, 1.54) is 12.8 Å². The second kappa shape index (κ2) is 5.42. The average Bonchev–Trinajstić information content (AvgIpc) is 2.78. The highest BCUT2D eigenvalue weighted by atomic mass is 15.3. The summed E-state index contributed by atoms with van der Waals surface area (Å²) in [6.45, 7) is 9.75. The molecule has 22 heavy (non-hydrogen) atoms. The molecule has 3 rings (SSSR count). The molecule has 6 nitrogen and oxygen atoms in total. The number of hydrogen-bond donors (Lipinski definition) is 4. The lowest BCUT2D eigenvalue weighted by molar-refractivity contribution is 0.287. The molecule has 0 aromatic rings. The topological polar surface area (TPSA) is 91.7 Å². The van der Waals surface area contributed by atoms with Crippen LogP contribution in [-0.2, 0) is 0 Å². The number of aliphatic imine (C=N–C) groups is 1. The maximum absolute atomic E-state index is 6.51. The zero-order valence-electron chi connectivity index (χ0n) is 14.0. The lowest BCUT2D eigenvalue weighted by Crippen LogP contribution is -2.51. The number of nitrogens with zero attached hydrogens (tertiary/aromatic N) is 2. The molecular formula is C16H30N6. The molecule has 3 aliphatic rings. The van der Waals surface area contributed by atoms with Crippen molar-refractivity contribution in [3.05, 3.63) is 11.9 Å². The summed E-state index contributed by atoms with van der Waals surface area (Å²) in [5, 5.41) is 6.85.